The highest BCUT2D eigenvalue weighted by Crippen LogP contribution is 2.29. The summed E-state index contributed by atoms with van der Waals surface area (Å²) in [6, 6.07) is 12.8. The summed E-state index contributed by atoms with van der Waals surface area (Å²) in [6.07, 6.45) is 0.956. The third-order valence-corrected chi connectivity index (χ3v) is 3.27. The zero-order chi connectivity index (χ0) is 15.2. The molecule has 0 heterocycles. The number of carbonyl (C=O) groups is 1. The molecule has 2 rings (SSSR count). The Kier molecular flexibility index (Phi) is 4.82. The van der Waals surface area contributed by atoms with Crippen molar-refractivity contribution >= 4 is 11.6 Å². The lowest BCUT2D eigenvalue weighted by Gasteiger charge is -2.10. The first-order valence-corrected chi connectivity index (χ1v) is 6.80. The van der Waals surface area contributed by atoms with E-state index in [1.165, 1.54) is 5.56 Å². The maximum absolute atomic E-state index is 12.2. The Morgan fingerprint density at radius 1 is 1.00 bits per heavy atom. The predicted octanol–water partition coefficient (Wildman–Crippen LogP) is 3.52. The second-order valence-corrected chi connectivity index (χ2v) is 4.57. The van der Waals surface area contributed by atoms with Crippen LogP contribution in [0.15, 0.2) is 42.5 Å². The number of hydrogen-bond acceptors (Lipinski definition) is 3. The number of ether oxygens (including phenoxy) is 2. The van der Waals surface area contributed by atoms with Gasteiger partial charge in [0.15, 0.2) is 11.5 Å². The number of carbonyl (C=O) groups excluding carboxylic acids is 1. The fourth-order valence-electron chi connectivity index (χ4n) is 2.01. The summed E-state index contributed by atoms with van der Waals surface area (Å²) < 4.78 is 10.4. The van der Waals surface area contributed by atoms with E-state index in [0.29, 0.717) is 22.7 Å². The Morgan fingerprint density at radius 3 is 2.24 bits per heavy atom. The van der Waals surface area contributed by atoms with Gasteiger partial charge in [0.05, 0.1) is 14.2 Å². The maximum Gasteiger partial charge on any atom is 0.255 e. The molecule has 0 atom stereocenters. The molecule has 0 aliphatic carbocycles. The highest BCUT2D eigenvalue weighted by molar-refractivity contribution is 6.04. The van der Waals surface area contributed by atoms with Gasteiger partial charge >= 0.3 is 0 Å². The van der Waals surface area contributed by atoms with Gasteiger partial charge in [-0.2, -0.15) is 0 Å². The van der Waals surface area contributed by atoms with E-state index in [2.05, 4.69) is 12.2 Å². The number of benzene rings is 2. The first kappa shape index (κ1) is 14.9. The van der Waals surface area contributed by atoms with Crippen molar-refractivity contribution in [1.82, 2.24) is 0 Å². The molecule has 4 nitrogen and oxygen atoms in total. The number of nitrogens with one attached hydrogen (secondary N) is 1. The highest BCUT2D eigenvalue weighted by atomic mass is 16.5. The molecule has 2 aromatic rings. The van der Waals surface area contributed by atoms with Gasteiger partial charge in [0.25, 0.3) is 5.91 Å². The van der Waals surface area contributed by atoms with Crippen molar-refractivity contribution in [3.8, 4) is 11.5 Å². The lowest BCUT2D eigenvalue weighted by atomic mass is 10.1. The van der Waals surface area contributed by atoms with E-state index >= 15 is 0 Å². The number of anilines is 1. The van der Waals surface area contributed by atoms with E-state index in [9.17, 15) is 4.79 Å². The van der Waals surface area contributed by atoms with Crippen LogP contribution < -0.4 is 14.8 Å². The molecule has 0 bridgehead atoms. The van der Waals surface area contributed by atoms with Crippen LogP contribution in [0, 0.1) is 0 Å². The molecule has 110 valence electrons. The lowest BCUT2D eigenvalue weighted by Crippen LogP contribution is -2.12. The number of amides is 1. The third-order valence-electron chi connectivity index (χ3n) is 3.27. The predicted molar refractivity (Wildman–Crippen MR) is 83.3 cm³/mol. The van der Waals surface area contributed by atoms with Crippen molar-refractivity contribution < 1.29 is 14.3 Å². The first-order chi connectivity index (χ1) is 10.2. The lowest BCUT2D eigenvalue weighted by molar-refractivity contribution is 0.102. The van der Waals surface area contributed by atoms with Crippen molar-refractivity contribution in [2.24, 2.45) is 0 Å². The topological polar surface area (TPSA) is 47.6 Å². The van der Waals surface area contributed by atoms with Gasteiger partial charge < -0.3 is 14.8 Å². The molecule has 0 radical (unpaired) electrons. The largest absolute Gasteiger partial charge is 0.493 e. The molecule has 0 spiro atoms. The number of hydrogen-bond donors (Lipinski definition) is 1. The summed E-state index contributed by atoms with van der Waals surface area (Å²) in [6.45, 7) is 2.08. The van der Waals surface area contributed by atoms with E-state index in [-0.39, 0.29) is 5.91 Å². The third kappa shape index (κ3) is 3.54. The highest BCUT2D eigenvalue weighted by Gasteiger charge is 2.09. The van der Waals surface area contributed by atoms with Crippen molar-refractivity contribution in [2.45, 2.75) is 13.3 Å². The fourth-order valence-corrected chi connectivity index (χ4v) is 2.01. The molecule has 21 heavy (non-hydrogen) atoms. The van der Waals surface area contributed by atoms with Crippen LogP contribution in [-0.4, -0.2) is 20.1 Å². The summed E-state index contributed by atoms with van der Waals surface area (Å²) in [7, 11) is 3.14. The molecule has 1 N–H and O–H groups in total. The van der Waals surface area contributed by atoms with Gasteiger partial charge in [0.1, 0.15) is 0 Å². The van der Waals surface area contributed by atoms with Gasteiger partial charge in [-0.25, -0.2) is 0 Å². The second-order valence-electron chi connectivity index (χ2n) is 4.57. The van der Waals surface area contributed by atoms with Gasteiger partial charge in [-0.3, -0.25) is 4.79 Å². The normalized spacial score (nSPS) is 10.0. The van der Waals surface area contributed by atoms with Crippen molar-refractivity contribution in [3.05, 3.63) is 53.6 Å². The van der Waals surface area contributed by atoms with Crippen LogP contribution in [0.25, 0.3) is 0 Å². The quantitative estimate of drug-likeness (QED) is 0.914. The number of aryl methyl sites for hydroxylation is 1. The standard InChI is InChI=1S/C17H19NO3/c1-4-12-5-7-13(8-6-12)17(19)18-14-9-10-15(20-2)16(11-14)21-3/h5-11H,4H2,1-3H3,(H,18,19). The van der Waals surface area contributed by atoms with Gasteiger partial charge in [-0.1, -0.05) is 19.1 Å². The van der Waals surface area contributed by atoms with E-state index in [0.717, 1.165) is 6.42 Å². The zero-order valence-electron chi connectivity index (χ0n) is 12.5. The van der Waals surface area contributed by atoms with Crippen molar-refractivity contribution in [2.75, 3.05) is 19.5 Å². The minimum Gasteiger partial charge on any atom is -0.493 e. The molecule has 1 amide bonds. The van der Waals surface area contributed by atoms with Crippen LogP contribution >= 0.6 is 0 Å². The van der Waals surface area contributed by atoms with Gasteiger partial charge in [0.2, 0.25) is 0 Å². The fraction of sp³-hybridized carbons (Fsp3) is 0.235. The molecule has 0 aromatic heterocycles. The molecule has 0 fully saturated rings. The summed E-state index contributed by atoms with van der Waals surface area (Å²) >= 11 is 0. The first-order valence-electron chi connectivity index (χ1n) is 6.80. The van der Waals surface area contributed by atoms with E-state index in [1.807, 2.05) is 24.3 Å². The van der Waals surface area contributed by atoms with Crippen LogP contribution in [0.4, 0.5) is 5.69 Å². The minimum absolute atomic E-state index is 0.148. The van der Waals surface area contributed by atoms with Gasteiger partial charge in [-0.05, 0) is 36.2 Å². The van der Waals surface area contributed by atoms with Crippen LogP contribution in [-0.2, 0) is 6.42 Å². The van der Waals surface area contributed by atoms with E-state index < -0.39 is 0 Å². The molecular formula is C17H19NO3. The SMILES string of the molecule is CCc1ccc(C(=O)Nc2ccc(OC)c(OC)c2)cc1. The van der Waals surface area contributed by atoms with Crippen LogP contribution in [0.1, 0.15) is 22.8 Å². The molecule has 0 unspecified atom stereocenters. The van der Waals surface area contributed by atoms with Crippen LogP contribution in [0.5, 0.6) is 11.5 Å². The monoisotopic (exact) mass is 285 g/mol. The average molecular weight is 285 g/mol. The summed E-state index contributed by atoms with van der Waals surface area (Å²) in [5.41, 5.74) is 2.50. The van der Waals surface area contributed by atoms with E-state index in [1.54, 1.807) is 32.4 Å². The zero-order valence-corrected chi connectivity index (χ0v) is 12.5. The molecular weight excluding hydrogens is 266 g/mol. The Bertz CT molecular complexity index is 620. The Balaban J connectivity index is 2.14. The average Bonchev–Trinajstić information content (AvgIpc) is 2.54. The Hall–Kier alpha value is -2.49. The van der Waals surface area contributed by atoms with Crippen LogP contribution in [0.2, 0.25) is 0 Å². The van der Waals surface area contributed by atoms with Crippen molar-refractivity contribution in [1.29, 1.82) is 0 Å². The Morgan fingerprint density at radius 2 is 1.67 bits per heavy atom. The number of rotatable bonds is 5. The van der Waals surface area contributed by atoms with Gasteiger partial charge in [-0.15, -0.1) is 0 Å². The summed E-state index contributed by atoms with van der Waals surface area (Å²) in [5.74, 6) is 1.06. The van der Waals surface area contributed by atoms with Gasteiger partial charge in [0, 0.05) is 17.3 Å². The molecule has 0 aliphatic heterocycles. The molecule has 2 aromatic carbocycles. The number of methoxy groups -OCH3 is 2. The maximum atomic E-state index is 12.2. The Labute approximate surface area is 124 Å². The van der Waals surface area contributed by atoms with Crippen LogP contribution in [0.3, 0.4) is 0 Å². The van der Waals surface area contributed by atoms with Crippen molar-refractivity contribution in [3.63, 3.8) is 0 Å². The molecule has 0 saturated carbocycles. The molecule has 4 heteroatoms. The smallest absolute Gasteiger partial charge is 0.255 e. The minimum atomic E-state index is -0.148. The molecule has 0 saturated heterocycles. The van der Waals surface area contributed by atoms with E-state index in [4.69, 9.17) is 9.47 Å². The summed E-state index contributed by atoms with van der Waals surface area (Å²) in [4.78, 5) is 12.2. The summed E-state index contributed by atoms with van der Waals surface area (Å²) in [5, 5.41) is 2.85. The second kappa shape index (κ2) is 6.79. The molecule has 0 aliphatic rings.